The lowest BCUT2D eigenvalue weighted by molar-refractivity contribution is 0.101. The maximum Gasteiger partial charge on any atom is 0.279 e. The largest absolute Gasteiger partial charge is 0.361 e. The van der Waals surface area contributed by atoms with E-state index in [9.17, 15) is 9.18 Å². The zero-order chi connectivity index (χ0) is 13.4. The average Bonchev–Trinajstić information content (AvgIpc) is 2.94. The minimum atomic E-state index is -0.406. The molecule has 0 saturated heterocycles. The third kappa shape index (κ3) is 2.32. The van der Waals surface area contributed by atoms with Gasteiger partial charge in [-0.05, 0) is 25.1 Å². The molecule has 19 heavy (non-hydrogen) atoms. The van der Waals surface area contributed by atoms with Crippen molar-refractivity contribution in [1.29, 1.82) is 0 Å². The molecular formula is C12H8FN3O2S. The number of anilines is 1. The summed E-state index contributed by atoms with van der Waals surface area (Å²) in [6.45, 7) is 1.70. The molecular weight excluding hydrogens is 269 g/mol. The van der Waals surface area contributed by atoms with E-state index < -0.39 is 5.91 Å². The summed E-state index contributed by atoms with van der Waals surface area (Å²) in [4.78, 5) is 16.0. The predicted octanol–water partition coefficient (Wildman–Crippen LogP) is 2.98. The molecule has 0 aliphatic rings. The van der Waals surface area contributed by atoms with E-state index in [2.05, 4.69) is 15.5 Å². The minimum absolute atomic E-state index is 0.183. The van der Waals surface area contributed by atoms with E-state index in [4.69, 9.17) is 4.52 Å². The normalized spacial score (nSPS) is 10.8. The second-order valence-electron chi connectivity index (χ2n) is 3.91. The number of nitrogens with zero attached hydrogens (tertiary/aromatic N) is 2. The first kappa shape index (κ1) is 11.8. The van der Waals surface area contributed by atoms with Crippen LogP contribution in [0.15, 0.2) is 28.8 Å². The number of amides is 1. The standard InChI is InChI=1S/C12H8FN3O2S/c1-6-4-9(16-18-6)11(17)15-12-14-8-3-2-7(13)5-10(8)19-12/h2-5H,1H3,(H,14,15,17). The Hall–Kier alpha value is -2.28. The minimum Gasteiger partial charge on any atom is -0.361 e. The first-order chi connectivity index (χ1) is 9.11. The number of aryl methyl sites for hydroxylation is 1. The van der Waals surface area contributed by atoms with Crippen LogP contribution in [0.5, 0.6) is 0 Å². The van der Waals surface area contributed by atoms with Gasteiger partial charge in [0.05, 0.1) is 10.2 Å². The highest BCUT2D eigenvalue weighted by Crippen LogP contribution is 2.26. The Morgan fingerprint density at radius 3 is 3.00 bits per heavy atom. The van der Waals surface area contributed by atoms with Crippen molar-refractivity contribution in [2.45, 2.75) is 6.92 Å². The van der Waals surface area contributed by atoms with Gasteiger partial charge in [-0.2, -0.15) is 0 Å². The summed E-state index contributed by atoms with van der Waals surface area (Å²) in [7, 11) is 0. The van der Waals surface area contributed by atoms with Gasteiger partial charge in [0.2, 0.25) is 0 Å². The molecule has 0 saturated carbocycles. The third-order valence-electron chi connectivity index (χ3n) is 2.43. The zero-order valence-electron chi connectivity index (χ0n) is 9.81. The van der Waals surface area contributed by atoms with Crippen molar-refractivity contribution < 1.29 is 13.7 Å². The van der Waals surface area contributed by atoms with Gasteiger partial charge >= 0.3 is 0 Å². The van der Waals surface area contributed by atoms with E-state index in [1.807, 2.05) is 0 Å². The van der Waals surface area contributed by atoms with Gasteiger partial charge in [0.1, 0.15) is 11.6 Å². The Bertz CT molecular complexity index is 765. The smallest absolute Gasteiger partial charge is 0.279 e. The Balaban J connectivity index is 1.87. The summed E-state index contributed by atoms with van der Waals surface area (Å²) in [5, 5.41) is 6.61. The molecule has 0 spiro atoms. The van der Waals surface area contributed by atoms with Gasteiger partial charge < -0.3 is 4.52 Å². The fourth-order valence-electron chi connectivity index (χ4n) is 1.59. The molecule has 0 unspecified atom stereocenters. The second-order valence-corrected chi connectivity index (χ2v) is 4.94. The maximum absolute atomic E-state index is 13.0. The van der Waals surface area contributed by atoms with Gasteiger partial charge in [0.25, 0.3) is 5.91 Å². The van der Waals surface area contributed by atoms with Crippen LogP contribution in [0.2, 0.25) is 0 Å². The molecule has 0 bridgehead atoms. The van der Waals surface area contributed by atoms with Gasteiger partial charge in [-0.15, -0.1) is 0 Å². The van der Waals surface area contributed by atoms with Crippen molar-refractivity contribution >= 4 is 32.6 Å². The fraction of sp³-hybridized carbons (Fsp3) is 0.0833. The Kier molecular flexibility index (Phi) is 2.75. The average molecular weight is 277 g/mol. The number of hydrogen-bond acceptors (Lipinski definition) is 5. The van der Waals surface area contributed by atoms with E-state index in [1.165, 1.54) is 29.5 Å². The van der Waals surface area contributed by atoms with Crippen molar-refractivity contribution in [1.82, 2.24) is 10.1 Å². The molecule has 0 radical (unpaired) electrons. The highest BCUT2D eigenvalue weighted by molar-refractivity contribution is 7.22. The number of benzene rings is 1. The molecule has 5 nitrogen and oxygen atoms in total. The number of hydrogen-bond donors (Lipinski definition) is 1. The summed E-state index contributed by atoms with van der Waals surface area (Å²) >= 11 is 1.20. The van der Waals surface area contributed by atoms with Gasteiger partial charge in [0.15, 0.2) is 10.8 Å². The van der Waals surface area contributed by atoms with Crippen LogP contribution in [0.4, 0.5) is 9.52 Å². The molecule has 7 heteroatoms. The van der Waals surface area contributed by atoms with Crippen LogP contribution >= 0.6 is 11.3 Å². The molecule has 1 amide bonds. The molecule has 1 aromatic carbocycles. The summed E-state index contributed by atoms with van der Waals surface area (Å²) in [5.41, 5.74) is 0.820. The highest BCUT2D eigenvalue weighted by atomic mass is 32.1. The molecule has 3 aromatic rings. The number of thiazole rings is 1. The number of halogens is 1. The monoisotopic (exact) mass is 277 g/mol. The first-order valence-corrected chi connectivity index (χ1v) is 6.24. The van der Waals surface area contributed by atoms with Gasteiger partial charge in [-0.25, -0.2) is 9.37 Å². The van der Waals surface area contributed by atoms with E-state index in [0.717, 1.165) is 0 Å². The summed E-state index contributed by atoms with van der Waals surface area (Å²) in [5.74, 6) is -0.186. The maximum atomic E-state index is 13.0. The molecule has 0 aliphatic carbocycles. The first-order valence-electron chi connectivity index (χ1n) is 5.42. The van der Waals surface area contributed by atoms with Crippen molar-refractivity contribution in [3.63, 3.8) is 0 Å². The molecule has 0 fully saturated rings. The molecule has 2 aromatic heterocycles. The summed E-state index contributed by atoms with van der Waals surface area (Å²) in [6.07, 6.45) is 0. The molecule has 96 valence electrons. The molecule has 1 N–H and O–H groups in total. The van der Waals surface area contributed by atoms with Crippen molar-refractivity contribution in [2.75, 3.05) is 5.32 Å². The van der Waals surface area contributed by atoms with Gasteiger partial charge in [-0.1, -0.05) is 16.5 Å². The number of fused-ring (bicyclic) bond motifs is 1. The van der Waals surface area contributed by atoms with Crippen LogP contribution in [0, 0.1) is 12.7 Å². The summed E-state index contributed by atoms with van der Waals surface area (Å²) < 4.78 is 18.5. The van der Waals surface area contributed by atoms with E-state index in [0.29, 0.717) is 21.1 Å². The second kappa shape index (κ2) is 4.43. The van der Waals surface area contributed by atoms with Crippen molar-refractivity contribution in [3.05, 3.63) is 41.5 Å². The SMILES string of the molecule is Cc1cc(C(=O)Nc2nc3ccc(F)cc3s2)no1. The molecule has 2 heterocycles. The van der Waals surface area contributed by atoms with Crippen LogP contribution in [0.1, 0.15) is 16.2 Å². The Morgan fingerprint density at radius 1 is 1.42 bits per heavy atom. The van der Waals surface area contributed by atoms with E-state index >= 15 is 0 Å². The predicted molar refractivity (Wildman–Crippen MR) is 68.8 cm³/mol. The molecule has 0 aliphatic heterocycles. The summed E-state index contributed by atoms with van der Waals surface area (Å²) in [6, 6.07) is 5.80. The number of aromatic nitrogens is 2. The van der Waals surface area contributed by atoms with Crippen LogP contribution in [-0.2, 0) is 0 Å². The van der Waals surface area contributed by atoms with E-state index in [1.54, 1.807) is 13.0 Å². The Labute approximate surface area is 111 Å². The number of rotatable bonds is 2. The fourth-order valence-corrected chi connectivity index (χ4v) is 2.47. The third-order valence-corrected chi connectivity index (χ3v) is 3.37. The van der Waals surface area contributed by atoms with E-state index in [-0.39, 0.29) is 11.5 Å². The van der Waals surface area contributed by atoms with Crippen LogP contribution in [0.25, 0.3) is 10.2 Å². The lowest BCUT2D eigenvalue weighted by Crippen LogP contribution is -2.11. The molecule has 0 atom stereocenters. The van der Waals surface area contributed by atoms with Gasteiger partial charge in [0, 0.05) is 6.07 Å². The number of nitrogens with one attached hydrogen (secondary N) is 1. The van der Waals surface area contributed by atoms with Crippen molar-refractivity contribution in [3.8, 4) is 0 Å². The number of carbonyl (C=O) groups is 1. The lowest BCUT2D eigenvalue weighted by atomic mass is 10.3. The zero-order valence-corrected chi connectivity index (χ0v) is 10.6. The quantitative estimate of drug-likeness (QED) is 0.782. The Morgan fingerprint density at radius 2 is 2.26 bits per heavy atom. The molecule has 3 rings (SSSR count). The number of carbonyl (C=O) groups excluding carboxylic acids is 1. The van der Waals surface area contributed by atoms with Crippen LogP contribution in [-0.4, -0.2) is 16.0 Å². The van der Waals surface area contributed by atoms with Crippen LogP contribution < -0.4 is 5.32 Å². The van der Waals surface area contributed by atoms with Crippen molar-refractivity contribution in [2.24, 2.45) is 0 Å². The lowest BCUT2D eigenvalue weighted by Gasteiger charge is -1.95. The topological polar surface area (TPSA) is 68.0 Å². The van der Waals surface area contributed by atoms with Crippen LogP contribution in [0.3, 0.4) is 0 Å². The van der Waals surface area contributed by atoms with Gasteiger partial charge in [-0.3, -0.25) is 10.1 Å². The highest BCUT2D eigenvalue weighted by Gasteiger charge is 2.13.